The van der Waals surface area contributed by atoms with Crippen LogP contribution in [0.25, 0.3) is 5.76 Å². The summed E-state index contributed by atoms with van der Waals surface area (Å²) in [7, 11) is 2.76. The number of Topliss-reactive ketones (excluding diaryl/α,β-unsaturated/α-hetero) is 1. The first kappa shape index (κ1) is 30.4. The number of hydrogen-bond donors (Lipinski definition) is 3. The number of rotatable bonds is 5. The molecule has 4 aliphatic rings. The molecular formula is C34H31N3O9. The standard InChI is InChI=1S/C34H31N3O9/c1-17-14-22(39)23(46-5)15-33(17)16-32(2,3)37-28(33)25(29(35)42)34(31(37)44)24(26(40)18-10-12-19(45-4)13-11-18)27(41)30(43)36(34)20-8-6-7-9-21(20)38/h6-15,38,40H,16H2,1-5H3,(H2,35,42)/t33-,34-/m1/s1. The van der Waals surface area contributed by atoms with Crippen LogP contribution < -0.4 is 15.4 Å². The number of phenols is 1. The number of nitrogens with two attached hydrogens (primary N) is 1. The van der Waals surface area contributed by atoms with E-state index in [2.05, 4.69) is 0 Å². The number of nitrogens with zero attached hydrogens (tertiary/aromatic N) is 2. The lowest BCUT2D eigenvalue weighted by atomic mass is 9.68. The average molecular weight is 626 g/mol. The Kier molecular flexibility index (Phi) is 6.56. The number of methoxy groups -OCH3 is 2. The van der Waals surface area contributed by atoms with E-state index in [0.29, 0.717) is 11.3 Å². The molecule has 0 unspecified atom stereocenters. The number of anilines is 1. The molecule has 3 aliphatic heterocycles. The van der Waals surface area contributed by atoms with Crippen LogP contribution in [0.2, 0.25) is 0 Å². The number of allylic oxidation sites excluding steroid dienone is 2. The molecule has 0 radical (unpaired) electrons. The van der Waals surface area contributed by atoms with E-state index in [1.165, 1.54) is 79.8 Å². The van der Waals surface area contributed by atoms with E-state index in [4.69, 9.17) is 15.2 Å². The minimum atomic E-state index is -2.65. The molecule has 3 amide bonds. The molecule has 2 fully saturated rings. The van der Waals surface area contributed by atoms with E-state index in [1.54, 1.807) is 20.8 Å². The zero-order valence-electron chi connectivity index (χ0n) is 25.7. The Morgan fingerprint density at radius 2 is 1.61 bits per heavy atom. The Bertz CT molecular complexity index is 1920. The molecule has 12 nitrogen and oxygen atoms in total. The van der Waals surface area contributed by atoms with E-state index in [-0.39, 0.29) is 29.1 Å². The van der Waals surface area contributed by atoms with Crippen LogP contribution in [0.3, 0.4) is 0 Å². The minimum Gasteiger partial charge on any atom is -0.507 e. The van der Waals surface area contributed by atoms with E-state index < -0.39 is 68.4 Å². The summed E-state index contributed by atoms with van der Waals surface area (Å²) in [4.78, 5) is 72.3. The van der Waals surface area contributed by atoms with E-state index in [9.17, 15) is 29.4 Å². The summed E-state index contributed by atoms with van der Waals surface area (Å²) in [6.45, 7) is 5.13. The van der Waals surface area contributed by atoms with Crippen molar-refractivity contribution in [3.8, 4) is 11.5 Å². The molecule has 0 aromatic heterocycles. The second-order valence-corrected chi connectivity index (χ2v) is 12.2. The molecule has 12 heteroatoms. The van der Waals surface area contributed by atoms with Crippen molar-refractivity contribution in [3.63, 3.8) is 0 Å². The fourth-order valence-electron chi connectivity index (χ4n) is 7.40. The van der Waals surface area contributed by atoms with E-state index >= 15 is 4.79 Å². The lowest BCUT2D eigenvalue weighted by molar-refractivity contribution is -0.135. The number of carbonyl (C=O) groups is 5. The first-order valence-electron chi connectivity index (χ1n) is 14.3. The Morgan fingerprint density at radius 1 is 0.957 bits per heavy atom. The predicted octanol–water partition coefficient (Wildman–Crippen LogP) is 2.83. The Morgan fingerprint density at radius 3 is 2.20 bits per heavy atom. The number of ether oxygens (including phenoxy) is 2. The van der Waals surface area contributed by atoms with Crippen LogP contribution in [0.5, 0.6) is 11.5 Å². The van der Waals surface area contributed by atoms with Crippen LogP contribution in [-0.2, 0) is 28.7 Å². The summed E-state index contributed by atoms with van der Waals surface area (Å²) in [6.07, 6.45) is 3.04. The number of aliphatic hydroxyl groups excluding tert-OH is 1. The summed E-state index contributed by atoms with van der Waals surface area (Å²) >= 11 is 0. The maximum absolute atomic E-state index is 15.3. The monoisotopic (exact) mass is 625 g/mol. The molecule has 0 saturated carbocycles. The van der Waals surface area contributed by atoms with Crippen molar-refractivity contribution in [3.05, 3.63) is 94.4 Å². The molecule has 6 rings (SSSR count). The second kappa shape index (κ2) is 9.93. The van der Waals surface area contributed by atoms with Crippen LogP contribution in [0, 0.1) is 5.41 Å². The SMILES string of the molecule is COC1=C[C@@]2(CC(C)(C)N3C(=O)[C@@]4(C(=C(O)c5ccc(OC)cc5)C(=O)C(=O)N4c4ccccc4O)C(C(N)=O)=C32)C(C)=CC1=O. The maximum Gasteiger partial charge on any atom is 0.300 e. The van der Waals surface area contributed by atoms with Crippen molar-refractivity contribution >= 4 is 40.7 Å². The largest absolute Gasteiger partial charge is 0.507 e. The molecular weight excluding hydrogens is 594 g/mol. The molecule has 1 aliphatic carbocycles. The number of fused-ring (bicyclic) bond motifs is 2. The van der Waals surface area contributed by atoms with Crippen molar-refractivity contribution < 1.29 is 43.7 Å². The zero-order valence-corrected chi connectivity index (χ0v) is 25.7. The van der Waals surface area contributed by atoms with Gasteiger partial charge in [0.25, 0.3) is 11.7 Å². The third-order valence-electron chi connectivity index (χ3n) is 9.26. The second-order valence-electron chi connectivity index (χ2n) is 12.2. The first-order valence-corrected chi connectivity index (χ1v) is 14.3. The third kappa shape index (κ3) is 3.69. The number of hydrogen-bond acceptors (Lipinski definition) is 9. The molecule has 236 valence electrons. The molecule has 2 spiro atoms. The fourth-order valence-corrected chi connectivity index (χ4v) is 7.40. The van der Waals surface area contributed by atoms with Crippen molar-refractivity contribution in [2.24, 2.45) is 11.1 Å². The smallest absolute Gasteiger partial charge is 0.300 e. The van der Waals surface area contributed by atoms with Crippen LogP contribution in [0.4, 0.5) is 5.69 Å². The molecule has 2 saturated heterocycles. The topological polar surface area (TPSA) is 177 Å². The van der Waals surface area contributed by atoms with Gasteiger partial charge < -0.3 is 30.3 Å². The number of aliphatic hydroxyl groups is 1. The van der Waals surface area contributed by atoms with Gasteiger partial charge >= 0.3 is 5.91 Å². The first-order chi connectivity index (χ1) is 21.7. The van der Waals surface area contributed by atoms with Crippen LogP contribution in [0.15, 0.2) is 88.9 Å². The molecule has 2 aromatic rings. The summed E-state index contributed by atoms with van der Waals surface area (Å²) < 4.78 is 10.6. The van der Waals surface area contributed by atoms with Crippen LogP contribution in [0.1, 0.15) is 32.8 Å². The molecule has 2 atom stereocenters. The maximum atomic E-state index is 15.3. The number of benzene rings is 2. The normalized spacial score (nSPS) is 26.2. The van der Waals surface area contributed by atoms with Gasteiger partial charge in [0.2, 0.25) is 11.7 Å². The number of carbonyl (C=O) groups excluding carboxylic acids is 5. The third-order valence-corrected chi connectivity index (χ3v) is 9.26. The number of aromatic hydroxyl groups is 1. The lowest BCUT2D eigenvalue weighted by Crippen LogP contribution is -2.59. The fraction of sp³-hybridized carbons (Fsp3) is 0.265. The quantitative estimate of drug-likeness (QED) is 0.256. The van der Waals surface area contributed by atoms with Gasteiger partial charge in [-0.2, -0.15) is 0 Å². The molecule has 0 bridgehead atoms. The van der Waals surface area contributed by atoms with Gasteiger partial charge in [-0.05, 0) is 75.7 Å². The number of ketones is 2. The molecule has 3 heterocycles. The number of primary amides is 1. The van der Waals surface area contributed by atoms with Gasteiger partial charge in [0.1, 0.15) is 17.3 Å². The summed E-state index contributed by atoms with van der Waals surface area (Å²) in [5.74, 6) is -5.92. The Balaban J connectivity index is 1.81. The van der Waals surface area contributed by atoms with E-state index in [0.717, 1.165) is 4.90 Å². The van der Waals surface area contributed by atoms with Crippen molar-refractivity contribution in [1.29, 1.82) is 0 Å². The van der Waals surface area contributed by atoms with Gasteiger partial charge in [0.15, 0.2) is 11.3 Å². The van der Waals surface area contributed by atoms with Gasteiger partial charge in [0, 0.05) is 16.8 Å². The molecule has 46 heavy (non-hydrogen) atoms. The summed E-state index contributed by atoms with van der Waals surface area (Å²) in [5.41, 5.74) is 0.182. The molecule has 4 N–H and O–H groups in total. The van der Waals surface area contributed by atoms with Gasteiger partial charge in [-0.25, -0.2) is 0 Å². The minimum absolute atomic E-state index is 0.0359. The van der Waals surface area contributed by atoms with Gasteiger partial charge in [0.05, 0.1) is 36.5 Å². The van der Waals surface area contributed by atoms with Crippen molar-refractivity contribution in [2.45, 2.75) is 38.3 Å². The summed E-state index contributed by atoms with van der Waals surface area (Å²) in [5, 5.41) is 22.8. The zero-order chi connectivity index (χ0) is 33.5. The predicted molar refractivity (Wildman–Crippen MR) is 164 cm³/mol. The van der Waals surface area contributed by atoms with Crippen molar-refractivity contribution in [1.82, 2.24) is 4.90 Å². The number of para-hydroxylation sites is 2. The Labute approximate surface area is 263 Å². The number of phenolic OH excluding ortho intramolecular Hbond substituents is 1. The van der Waals surface area contributed by atoms with Gasteiger partial charge in [-0.3, -0.25) is 28.9 Å². The van der Waals surface area contributed by atoms with Crippen LogP contribution >= 0.6 is 0 Å². The highest BCUT2D eigenvalue weighted by atomic mass is 16.5. The van der Waals surface area contributed by atoms with Crippen molar-refractivity contribution in [2.75, 3.05) is 19.1 Å². The lowest BCUT2D eigenvalue weighted by Gasteiger charge is -2.39. The highest BCUT2D eigenvalue weighted by Crippen LogP contribution is 2.64. The average Bonchev–Trinajstić information content (AvgIpc) is 3.52. The highest BCUT2D eigenvalue weighted by Gasteiger charge is 2.75. The van der Waals surface area contributed by atoms with Gasteiger partial charge in [-0.1, -0.05) is 17.7 Å². The van der Waals surface area contributed by atoms with Gasteiger partial charge in [-0.15, -0.1) is 0 Å². The summed E-state index contributed by atoms with van der Waals surface area (Å²) in [6, 6.07) is 11.4. The number of amides is 3. The van der Waals surface area contributed by atoms with E-state index in [1.807, 2.05) is 0 Å². The highest BCUT2D eigenvalue weighted by molar-refractivity contribution is 6.56. The Hall–Kier alpha value is -5.65. The molecule has 2 aromatic carbocycles. The van der Waals surface area contributed by atoms with Crippen LogP contribution in [-0.4, -0.2) is 69.7 Å².